The van der Waals surface area contributed by atoms with E-state index in [2.05, 4.69) is 10.3 Å². The van der Waals surface area contributed by atoms with Crippen molar-refractivity contribution in [1.29, 1.82) is 0 Å². The molecule has 2 aliphatic rings. The topological polar surface area (TPSA) is 156 Å². The van der Waals surface area contributed by atoms with Crippen LogP contribution in [0, 0.1) is 17.8 Å². The number of cyclic esters (lactones) is 2. The van der Waals surface area contributed by atoms with E-state index >= 15 is 0 Å². The predicted octanol–water partition coefficient (Wildman–Crippen LogP) is 2.42. The number of methoxy groups -OCH3 is 1. The van der Waals surface area contributed by atoms with Crippen molar-refractivity contribution >= 4 is 29.8 Å². The van der Waals surface area contributed by atoms with Crippen LogP contribution < -0.4 is 14.8 Å². The molecule has 2 aromatic rings. The predicted molar refractivity (Wildman–Crippen MR) is 145 cm³/mol. The van der Waals surface area contributed by atoms with E-state index in [1.807, 2.05) is 30.3 Å². The van der Waals surface area contributed by atoms with Crippen LogP contribution in [0.3, 0.4) is 0 Å². The summed E-state index contributed by atoms with van der Waals surface area (Å²) in [4.78, 5) is 68.9. The third-order valence-corrected chi connectivity index (χ3v) is 6.88. The van der Waals surface area contributed by atoms with Crippen LogP contribution in [0.15, 0.2) is 42.6 Å². The number of ether oxygens (including phenoxy) is 5. The molecular formula is C30H34N2O10. The van der Waals surface area contributed by atoms with Crippen molar-refractivity contribution < 1.29 is 47.7 Å². The van der Waals surface area contributed by atoms with E-state index in [1.54, 1.807) is 13.8 Å². The second kappa shape index (κ2) is 13.5. The van der Waals surface area contributed by atoms with Gasteiger partial charge in [-0.15, -0.1) is 0 Å². The van der Waals surface area contributed by atoms with Crippen molar-refractivity contribution in [2.24, 2.45) is 17.8 Å². The Hall–Kier alpha value is -4.48. The Balaban J connectivity index is 1.58. The van der Waals surface area contributed by atoms with E-state index in [0.29, 0.717) is 12.8 Å². The summed E-state index contributed by atoms with van der Waals surface area (Å²) in [6, 6.07) is 9.06. The molecule has 2 heterocycles. The Morgan fingerprint density at radius 1 is 1.07 bits per heavy atom. The number of hydrogen-bond donors (Lipinski definition) is 1. The number of nitrogens with zero attached hydrogens (tertiary/aromatic N) is 1. The Labute approximate surface area is 243 Å². The molecule has 42 heavy (non-hydrogen) atoms. The average Bonchev–Trinajstić information content (AvgIpc) is 3.82. The summed E-state index contributed by atoms with van der Waals surface area (Å²) in [5.74, 6) is -5.50. The summed E-state index contributed by atoms with van der Waals surface area (Å²) in [5, 5.41) is 2.46. The molecule has 0 radical (unpaired) electrons. The van der Waals surface area contributed by atoms with Crippen LogP contribution in [0.25, 0.3) is 0 Å². The average molecular weight is 583 g/mol. The lowest BCUT2D eigenvalue weighted by molar-refractivity contribution is -0.176. The molecule has 1 aromatic carbocycles. The molecule has 1 saturated heterocycles. The van der Waals surface area contributed by atoms with Gasteiger partial charge in [-0.05, 0) is 31.7 Å². The zero-order valence-corrected chi connectivity index (χ0v) is 23.9. The molecule has 1 aliphatic heterocycles. The van der Waals surface area contributed by atoms with Crippen molar-refractivity contribution in [3.63, 3.8) is 0 Å². The van der Waals surface area contributed by atoms with Gasteiger partial charge < -0.3 is 29.0 Å². The van der Waals surface area contributed by atoms with E-state index in [9.17, 15) is 24.0 Å². The normalized spacial score (nSPS) is 22.5. The van der Waals surface area contributed by atoms with Crippen molar-refractivity contribution in [3.8, 4) is 11.5 Å². The van der Waals surface area contributed by atoms with E-state index in [0.717, 1.165) is 5.56 Å². The van der Waals surface area contributed by atoms with E-state index in [1.165, 1.54) is 26.3 Å². The Bertz CT molecular complexity index is 1320. The number of nitrogens with one attached hydrogen (secondary N) is 1. The van der Waals surface area contributed by atoms with Gasteiger partial charge in [0, 0.05) is 12.3 Å². The third-order valence-electron chi connectivity index (χ3n) is 6.88. The van der Waals surface area contributed by atoms with Gasteiger partial charge in [0.1, 0.15) is 18.6 Å². The highest BCUT2D eigenvalue weighted by Gasteiger charge is 2.42. The highest BCUT2D eigenvalue weighted by molar-refractivity contribution is 5.99. The maximum Gasteiger partial charge on any atom is 0.332 e. The summed E-state index contributed by atoms with van der Waals surface area (Å²) in [6.45, 7) is 4.23. The SMILES string of the molecule is COc1ccnc(C(=O)NC2COC(=O)[C@H](Cc3ccccc3)C(OC(=O)C(C)C)[C@H](C)OC2=O)c1OC(=O)C1CC1. The number of rotatable bonds is 9. The molecule has 1 aliphatic carbocycles. The molecule has 2 fully saturated rings. The highest BCUT2D eigenvalue weighted by atomic mass is 16.6. The van der Waals surface area contributed by atoms with Crippen LogP contribution >= 0.6 is 0 Å². The Morgan fingerprint density at radius 2 is 1.79 bits per heavy atom. The Morgan fingerprint density at radius 3 is 2.43 bits per heavy atom. The van der Waals surface area contributed by atoms with Crippen molar-refractivity contribution in [2.75, 3.05) is 13.7 Å². The fraction of sp³-hybridized carbons (Fsp3) is 0.467. The largest absolute Gasteiger partial charge is 0.493 e. The first-order chi connectivity index (χ1) is 20.1. The standard InChI is InChI=1S/C30H34N2O10/c1-16(2)27(34)41-24-17(3)40-30(37)21(15-39-29(36)20(24)14-18-8-6-5-7-9-18)32-26(33)23-25(22(38-4)12-13-31-23)42-28(35)19-10-11-19/h5-9,12-13,16-17,19-21,24H,10-11,14-15H2,1-4H3,(H,32,33)/t17-,20+,21?,24?/m0/s1. The minimum absolute atomic E-state index is 0.0970. The zero-order chi connectivity index (χ0) is 30.4. The molecule has 1 aromatic heterocycles. The molecular weight excluding hydrogens is 548 g/mol. The molecule has 224 valence electrons. The second-order valence-electron chi connectivity index (χ2n) is 10.5. The summed E-state index contributed by atoms with van der Waals surface area (Å²) in [7, 11) is 1.34. The quantitative estimate of drug-likeness (QED) is 0.342. The number of pyridine rings is 1. The van der Waals surface area contributed by atoms with E-state index in [-0.39, 0.29) is 29.5 Å². The highest BCUT2D eigenvalue weighted by Crippen LogP contribution is 2.35. The van der Waals surface area contributed by atoms with Gasteiger partial charge in [0.05, 0.1) is 18.9 Å². The van der Waals surface area contributed by atoms with Gasteiger partial charge in [-0.2, -0.15) is 0 Å². The van der Waals surface area contributed by atoms with Gasteiger partial charge in [0.2, 0.25) is 5.75 Å². The van der Waals surface area contributed by atoms with E-state index in [4.69, 9.17) is 23.7 Å². The molecule has 4 rings (SSSR count). The summed E-state index contributed by atoms with van der Waals surface area (Å²) in [5.41, 5.74) is 0.478. The molecule has 0 bridgehead atoms. The van der Waals surface area contributed by atoms with Gasteiger partial charge in [-0.25, -0.2) is 9.78 Å². The summed E-state index contributed by atoms with van der Waals surface area (Å²) in [6.07, 6.45) is 0.577. The molecule has 0 spiro atoms. The number of hydrogen-bond acceptors (Lipinski definition) is 11. The Kier molecular flexibility index (Phi) is 9.76. The minimum atomic E-state index is -1.44. The van der Waals surface area contributed by atoms with Crippen LogP contribution in [0.4, 0.5) is 0 Å². The van der Waals surface area contributed by atoms with Gasteiger partial charge >= 0.3 is 23.9 Å². The second-order valence-corrected chi connectivity index (χ2v) is 10.5. The number of carbonyl (C=O) groups is 5. The van der Waals surface area contributed by atoms with Crippen molar-refractivity contribution in [1.82, 2.24) is 10.3 Å². The number of aromatic nitrogens is 1. The maximum atomic E-state index is 13.4. The number of esters is 4. The van der Waals surface area contributed by atoms with Crippen LogP contribution in [-0.2, 0) is 39.8 Å². The first kappa shape index (κ1) is 30.5. The number of benzene rings is 1. The monoisotopic (exact) mass is 582 g/mol. The van der Waals surface area contributed by atoms with Crippen LogP contribution in [0.2, 0.25) is 0 Å². The number of carbonyl (C=O) groups excluding carboxylic acids is 5. The van der Waals surface area contributed by atoms with Crippen LogP contribution in [-0.4, -0.2) is 66.7 Å². The third kappa shape index (κ3) is 7.42. The van der Waals surface area contributed by atoms with Crippen molar-refractivity contribution in [2.45, 2.75) is 58.3 Å². The minimum Gasteiger partial charge on any atom is -0.493 e. The van der Waals surface area contributed by atoms with Crippen molar-refractivity contribution in [3.05, 3.63) is 53.9 Å². The first-order valence-corrected chi connectivity index (χ1v) is 13.8. The van der Waals surface area contributed by atoms with Crippen LogP contribution in [0.5, 0.6) is 11.5 Å². The molecule has 12 heteroatoms. The number of amides is 1. The molecule has 4 atom stereocenters. The smallest absolute Gasteiger partial charge is 0.332 e. The molecule has 1 saturated carbocycles. The molecule has 1 N–H and O–H groups in total. The summed E-state index contributed by atoms with van der Waals surface area (Å²) >= 11 is 0. The van der Waals surface area contributed by atoms with Crippen LogP contribution in [0.1, 0.15) is 49.7 Å². The summed E-state index contributed by atoms with van der Waals surface area (Å²) < 4.78 is 27.5. The van der Waals surface area contributed by atoms with Gasteiger partial charge in [-0.1, -0.05) is 44.2 Å². The fourth-order valence-electron chi connectivity index (χ4n) is 4.33. The van der Waals surface area contributed by atoms with E-state index < -0.39 is 66.5 Å². The maximum absolute atomic E-state index is 13.4. The zero-order valence-electron chi connectivity index (χ0n) is 23.9. The van der Waals surface area contributed by atoms with Gasteiger partial charge in [-0.3, -0.25) is 19.2 Å². The fourth-order valence-corrected chi connectivity index (χ4v) is 4.33. The van der Waals surface area contributed by atoms with Gasteiger partial charge in [0.15, 0.2) is 23.6 Å². The lowest BCUT2D eigenvalue weighted by atomic mass is 9.91. The lowest BCUT2D eigenvalue weighted by Crippen LogP contribution is -2.47. The first-order valence-electron chi connectivity index (χ1n) is 13.8. The van der Waals surface area contributed by atoms with Gasteiger partial charge in [0.25, 0.3) is 5.91 Å². The molecule has 2 unspecified atom stereocenters. The molecule has 12 nitrogen and oxygen atoms in total. The molecule has 1 amide bonds. The lowest BCUT2D eigenvalue weighted by Gasteiger charge is -2.29.